The van der Waals surface area contributed by atoms with Gasteiger partial charge in [0.1, 0.15) is 0 Å². The molecule has 0 aliphatic carbocycles. The van der Waals surface area contributed by atoms with E-state index in [1.807, 2.05) is 0 Å². The van der Waals surface area contributed by atoms with Crippen LogP contribution < -0.4 is 5.32 Å². The maximum atomic E-state index is 13.5. The van der Waals surface area contributed by atoms with Crippen LogP contribution in [0, 0.1) is 0 Å². The molecular weight excluding hydrogens is 649 g/mol. The number of hydrogen-bond acceptors (Lipinski definition) is 7. The lowest BCUT2D eigenvalue weighted by Crippen LogP contribution is -2.63. The first kappa shape index (κ1) is 35.8. The highest BCUT2D eigenvalue weighted by Gasteiger charge is 2.54. The summed E-state index contributed by atoms with van der Waals surface area (Å²) in [4.78, 5) is 44.3. The molecule has 17 heteroatoms. The molecule has 1 spiro atoms. The lowest BCUT2D eigenvalue weighted by Gasteiger charge is -2.48. The number of carbonyl (C=O) groups excluding carboxylic acids is 2. The molecular formula is C29H33F6N2O8P. The quantitative estimate of drug-likeness (QED) is 0.155. The van der Waals surface area contributed by atoms with Crippen molar-refractivity contribution in [3.8, 4) is 0 Å². The number of carbonyl (C=O) groups is 2. The number of rotatable bonds is 10. The van der Waals surface area contributed by atoms with Gasteiger partial charge in [-0.3, -0.25) is 9.32 Å². The van der Waals surface area contributed by atoms with Crippen LogP contribution in [0.3, 0.4) is 0 Å². The summed E-state index contributed by atoms with van der Waals surface area (Å²) in [5.41, 5.74) is -4.44. The SMILES string of the molecule is C[C@@H](OC[C@@]1(c2ccccc2)CC[C@]2(CCC(=O)N2C(=O)OCCCOP(=O)(O)O)CN1)c1cc(C(F)(F)F)cc(C(F)(F)F)c1. The molecule has 2 amide bonds. The highest BCUT2D eigenvalue weighted by Crippen LogP contribution is 2.44. The zero-order valence-corrected chi connectivity index (χ0v) is 25.5. The van der Waals surface area contributed by atoms with E-state index in [4.69, 9.17) is 19.3 Å². The zero-order chi connectivity index (χ0) is 34.0. The average Bonchev–Trinajstić information content (AvgIpc) is 3.30. The molecule has 0 saturated carbocycles. The molecule has 2 aliphatic heterocycles. The van der Waals surface area contributed by atoms with Crippen LogP contribution in [0.25, 0.3) is 0 Å². The number of hydrogen-bond donors (Lipinski definition) is 3. The first-order valence-corrected chi connectivity index (χ1v) is 15.8. The second kappa shape index (κ2) is 13.6. The van der Waals surface area contributed by atoms with Crippen molar-refractivity contribution < 1.29 is 64.3 Å². The van der Waals surface area contributed by atoms with Gasteiger partial charge in [0.15, 0.2) is 0 Å². The summed E-state index contributed by atoms with van der Waals surface area (Å²) in [6.07, 6.45) is -11.2. The Balaban J connectivity index is 1.51. The van der Waals surface area contributed by atoms with Gasteiger partial charge < -0.3 is 24.6 Å². The Hall–Kier alpha value is -3.01. The van der Waals surface area contributed by atoms with Crippen LogP contribution in [-0.4, -0.2) is 58.6 Å². The van der Waals surface area contributed by atoms with Crippen LogP contribution >= 0.6 is 7.82 Å². The Morgan fingerprint density at radius 2 is 1.63 bits per heavy atom. The summed E-state index contributed by atoms with van der Waals surface area (Å²) in [6, 6.07) is 10.2. The first-order valence-electron chi connectivity index (χ1n) is 14.3. The lowest BCUT2D eigenvalue weighted by molar-refractivity contribution is -0.143. The number of phosphoric acid groups is 1. The van der Waals surface area contributed by atoms with Gasteiger partial charge in [-0.05, 0) is 55.5 Å². The summed E-state index contributed by atoms with van der Waals surface area (Å²) < 4.78 is 107. The standard InChI is InChI=1S/C29H33F6N2O8P/c1-19(20-14-22(28(30,31)32)16-23(15-20)29(33,34)35)44-18-27(21-6-3-2-4-7-21)11-10-26(17-36-27)9-8-24(38)37(26)25(39)43-12-5-13-45-46(40,41)42/h2-4,6-7,14-16,19,36H,5,8-13,17-18H2,1H3,(H2,40,41,42)/t19-,26-,27-/m1/s1. The van der Waals surface area contributed by atoms with Crippen molar-refractivity contribution in [1.29, 1.82) is 0 Å². The van der Waals surface area contributed by atoms with Gasteiger partial charge in [-0.15, -0.1) is 0 Å². The molecule has 2 aromatic rings. The van der Waals surface area contributed by atoms with E-state index in [2.05, 4.69) is 9.84 Å². The van der Waals surface area contributed by atoms with Gasteiger partial charge in [0.2, 0.25) is 5.91 Å². The van der Waals surface area contributed by atoms with Crippen molar-refractivity contribution in [2.45, 2.75) is 68.6 Å². The van der Waals surface area contributed by atoms with Crippen LogP contribution in [0.1, 0.15) is 67.4 Å². The number of alkyl halides is 6. The third-order valence-electron chi connectivity index (χ3n) is 8.24. The van der Waals surface area contributed by atoms with Crippen LogP contribution in [0.2, 0.25) is 0 Å². The van der Waals surface area contributed by atoms with Gasteiger partial charge in [0.25, 0.3) is 0 Å². The molecule has 3 N–H and O–H groups in total. The number of ether oxygens (including phenoxy) is 2. The number of halogens is 6. The minimum absolute atomic E-state index is 0.0346. The van der Waals surface area contributed by atoms with Gasteiger partial charge in [-0.1, -0.05) is 30.3 Å². The summed E-state index contributed by atoms with van der Waals surface area (Å²) in [6.45, 7) is 0.635. The van der Waals surface area contributed by atoms with Crippen molar-refractivity contribution in [2.75, 3.05) is 26.4 Å². The predicted octanol–water partition coefficient (Wildman–Crippen LogP) is 6.08. The number of likely N-dealkylation sites (tertiary alicyclic amines) is 1. The largest absolute Gasteiger partial charge is 0.469 e. The predicted molar refractivity (Wildman–Crippen MR) is 149 cm³/mol. The second-order valence-corrected chi connectivity index (χ2v) is 12.6. The number of nitrogens with one attached hydrogen (secondary N) is 1. The summed E-state index contributed by atoms with van der Waals surface area (Å²) in [5, 5.41) is 3.36. The average molecular weight is 683 g/mol. The molecule has 2 fully saturated rings. The highest BCUT2D eigenvalue weighted by atomic mass is 31.2. The number of phosphoric ester groups is 1. The minimum Gasteiger partial charge on any atom is -0.449 e. The van der Waals surface area contributed by atoms with Crippen molar-refractivity contribution in [3.63, 3.8) is 0 Å². The maximum Gasteiger partial charge on any atom is 0.469 e. The first-order chi connectivity index (χ1) is 21.4. The van der Waals surface area contributed by atoms with Crippen LogP contribution in [0.4, 0.5) is 31.1 Å². The third-order valence-corrected chi connectivity index (χ3v) is 8.76. The zero-order valence-electron chi connectivity index (χ0n) is 24.6. The summed E-state index contributed by atoms with van der Waals surface area (Å²) in [7, 11) is -4.69. The molecule has 2 saturated heterocycles. The Morgan fingerprint density at radius 1 is 1.00 bits per heavy atom. The van der Waals surface area contributed by atoms with E-state index in [1.54, 1.807) is 30.3 Å². The number of benzene rings is 2. The summed E-state index contributed by atoms with van der Waals surface area (Å²) >= 11 is 0. The minimum atomic E-state index is -5.01. The van der Waals surface area contributed by atoms with Crippen LogP contribution in [-0.2, 0) is 41.2 Å². The molecule has 3 atom stereocenters. The van der Waals surface area contributed by atoms with E-state index in [1.165, 1.54) is 6.92 Å². The fourth-order valence-corrected chi connectivity index (χ4v) is 6.10. The smallest absolute Gasteiger partial charge is 0.449 e. The molecule has 4 rings (SSSR count). The van der Waals surface area contributed by atoms with E-state index in [0.29, 0.717) is 18.6 Å². The molecule has 2 aromatic carbocycles. The molecule has 0 bridgehead atoms. The molecule has 10 nitrogen and oxygen atoms in total. The number of piperidine rings is 1. The van der Waals surface area contributed by atoms with Crippen molar-refractivity contribution in [1.82, 2.24) is 10.2 Å². The van der Waals surface area contributed by atoms with E-state index in [-0.39, 0.29) is 63.7 Å². The number of nitrogens with zero attached hydrogens (tertiary/aromatic N) is 1. The molecule has 0 unspecified atom stereocenters. The number of imide groups is 1. The number of amides is 2. The Labute approximate surface area is 260 Å². The highest BCUT2D eigenvalue weighted by molar-refractivity contribution is 7.46. The normalized spacial score (nSPS) is 23.2. The Morgan fingerprint density at radius 3 is 2.17 bits per heavy atom. The monoisotopic (exact) mass is 682 g/mol. The Kier molecular flexibility index (Phi) is 10.6. The van der Waals surface area contributed by atoms with Gasteiger partial charge in [-0.2, -0.15) is 26.3 Å². The van der Waals surface area contributed by atoms with Gasteiger partial charge in [0.05, 0.1) is 48.1 Å². The van der Waals surface area contributed by atoms with Crippen molar-refractivity contribution in [2.24, 2.45) is 0 Å². The fourth-order valence-electron chi connectivity index (χ4n) is 5.74. The topological polar surface area (TPSA) is 135 Å². The molecule has 0 radical (unpaired) electrons. The van der Waals surface area contributed by atoms with Crippen LogP contribution in [0.5, 0.6) is 0 Å². The molecule has 0 aromatic heterocycles. The van der Waals surface area contributed by atoms with Gasteiger partial charge in [0, 0.05) is 19.4 Å². The summed E-state index contributed by atoms with van der Waals surface area (Å²) in [5.74, 6) is -0.472. The van der Waals surface area contributed by atoms with Crippen molar-refractivity contribution >= 4 is 19.8 Å². The van der Waals surface area contributed by atoms with E-state index < -0.39 is 60.5 Å². The van der Waals surface area contributed by atoms with E-state index >= 15 is 0 Å². The van der Waals surface area contributed by atoms with E-state index in [9.17, 15) is 40.5 Å². The van der Waals surface area contributed by atoms with Gasteiger partial charge in [-0.25, -0.2) is 14.3 Å². The molecule has 2 aliphatic rings. The maximum absolute atomic E-state index is 13.5. The molecule has 2 heterocycles. The third kappa shape index (κ3) is 8.47. The van der Waals surface area contributed by atoms with Crippen LogP contribution in [0.15, 0.2) is 48.5 Å². The fraction of sp³-hybridized carbons (Fsp3) is 0.517. The molecule has 254 valence electrons. The Bertz CT molecular complexity index is 1410. The van der Waals surface area contributed by atoms with Crippen molar-refractivity contribution in [3.05, 3.63) is 70.8 Å². The second-order valence-electron chi connectivity index (χ2n) is 11.3. The van der Waals surface area contributed by atoms with Gasteiger partial charge >= 0.3 is 26.3 Å². The lowest BCUT2D eigenvalue weighted by atomic mass is 9.75. The van der Waals surface area contributed by atoms with E-state index in [0.717, 1.165) is 10.5 Å². The molecule has 46 heavy (non-hydrogen) atoms.